The van der Waals surface area contributed by atoms with Crippen LogP contribution < -0.4 is 10.1 Å². The number of hydrogen-bond donors (Lipinski definition) is 1. The number of fused-ring (bicyclic) bond motifs is 1. The third kappa shape index (κ3) is 2.66. The highest BCUT2D eigenvalue weighted by molar-refractivity contribution is 6.32. The molecule has 0 fully saturated rings. The van der Waals surface area contributed by atoms with E-state index in [0.29, 0.717) is 22.1 Å². The zero-order valence-electron chi connectivity index (χ0n) is 11.1. The number of nitrogens with one attached hydrogen (secondary N) is 1. The monoisotopic (exact) mass is 302 g/mol. The van der Waals surface area contributed by atoms with Crippen molar-refractivity contribution in [3.8, 4) is 5.75 Å². The van der Waals surface area contributed by atoms with E-state index in [0.717, 1.165) is 0 Å². The lowest BCUT2D eigenvalue weighted by atomic mass is 10.3. The van der Waals surface area contributed by atoms with E-state index in [4.69, 9.17) is 16.3 Å². The zero-order chi connectivity index (χ0) is 14.8. The molecule has 0 bridgehead atoms. The first-order chi connectivity index (χ1) is 10.2. The molecule has 21 heavy (non-hydrogen) atoms. The Kier molecular flexibility index (Phi) is 3.45. The van der Waals surface area contributed by atoms with Gasteiger partial charge in [-0.25, -0.2) is 9.50 Å². The molecule has 7 heteroatoms. The summed E-state index contributed by atoms with van der Waals surface area (Å²) < 4.78 is 6.60. The van der Waals surface area contributed by atoms with Gasteiger partial charge in [-0.3, -0.25) is 4.79 Å². The molecule has 0 saturated carbocycles. The highest BCUT2D eigenvalue weighted by Crippen LogP contribution is 2.27. The largest absolute Gasteiger partial charge is 0.495 e. The van der Waals surface area contributed by atoms with E-state index >= 15 is 0 Å². The molecule has 0 aliphatic carbocycles. The maximum Gasteiger partial charge on any atom is 0.276 e. The molecule has 3 aromatic rings. The van der Waals surface area contributed by atoms with Gasteiger partial charge in [0.25, 0.3) is 5.91 Å². The Bertz CT molecular complexity index is 783. The molecule has 6 nitrogen and oxygen atoms in total. The average molecular weight is 303 g/mol. The predicted molar refractivity (Wildman–Crippen MR) is 78.9 cm³/mol. The molecule has 0 atom stereocenters. The van der Waals surface area contributed by atoms with Gasteiger partial charge in [0.15, 0.2) is 11.3 Å². The van der Waals surface area contributed by atoms with Gasteiger partial charge in [0.2, 0.25) is 0 Å². The minimum Gasteiger partial charge on any atom is -0.495 e. The summed E-state index contributed by atoms with van der Waals surface area (Å²) in [5.41, 5.74) is 1.45. The lowest BCUT2D eigenvalue weighted by molar-refractivity contribution is 0.102. The first-order valence-electron chi connectivity index (χ1n) is 6.12. The number of methoxy groups -OCH3 is 1. The number of anilines is 1. The van der Waals surface area contributed by atoms with Crippen molar-refractivity contribution >= 4 is 28.8 Å². The second-order valence-corrected chi connectivity index (χ2v) is 4.66. The van der Waals surface area contributed by atoms with Crippen LogP contribution in [-0.2, 0) is 0 Å². The zero-order valence-corrected chi connectivity index (χ0v) is 11.8. The highest BCUT2D eigenvalue weighted by atomic mass is 35.5. The molecule has 0 aliphatic rings. The van der Waals surface area contributed by atoms with Crippen molar-refractivity contribution in [3.63, 3.8) is 0 Å². The van der Waals surface area contributed by atoms with Crippen LogP contribution in [0.2, 0.25) is 5.02 Å². The Morgan fingerprint density at radius 1 is 1.38 bits per heavy atom. The molecular formula is C14H11ClN4O2. The minimum atomic E-state index is -0.332. The molecule has 0 spiro atoms. The molecular weight excluding hydrogens is 292 g/mol. The lowest BCUT2D eigenvalue weighted by Crippen LogP contribution is -2.12. The van der Waals surface area contributed by atoms with E-state index in [1.54, 1.807) is 42.7 Å². The van der Waals surface area contributed by atoms with Crippen LogP contribution in [0.3, 0.4) is 0 Å². The molecule has 0 radical (unpaired) electrons. The van der Waals surface area contributed by atoms with Crippen LogP contribution in [0, 0.1) is 0 Å². The predicted octanol–water partition coefficient (Wildman–Crippen LogP) is 2.64. The summed E-state index contributed by atoms with van der Waals surface area (Å²) >= 11 is 6.02. The topological polar surface area (TPSA) is 68.5 Å². The van der Waals surface area contributed by atoms with Gasteiger partial charge in [0, 0.05) is 24.1 Å². The van der Waals surface area contributed by atoms with E-state index in [-0.39, 0.29) is 11.6 Å². The van der Waals surface area contributed by atoms with Gasteiger partial charge in [-0.2, -0.15) is 5.10 Å². The summed E-state index contributed by atoms with van der Waals surface area (Å²) in [7, 11) is 1.53. The Hall–Kier alpha value is -2.60. The van der Waals surface area contributed by atoms with Crippen LogP contribution in [-0.4, -0.2) is 27.6 Å². The number of carbonyl (C=O) groups excluding carboxylic acids is 1. The highest BCUT2D eigenvalue weighted by Gasteiger charge is 2.12. The van der Waals surface area contributed by atoms with Crippen LogP contribution in [0.25, 0.3) is 5.65 Å². The van der Waals surface area contributed by atoms with Gasteiger partial charge < -0.3 is 10.1 Å². The standard InChI is InChI=1S/C14H11ClN4O2/c1-21-12-4-3-9(7-10(12)15)17-14(20)11-8-13-16-5-2-6-19(13)18-11/h2-8H,1H3,(H,17,20). The second-order valence-electron chi connectivity index (χ2n) is 4.26. The van der Waals surface area contributed by atoms with Crippen molar-refractivity contribution in [3.05, 3.63) is 53.4 Å². The summed E-state index contributed by atoms with van der Waals surface area (Å²) in [4.78, 5) is 16.3. The van der Waals surface area contributed by atoms with Crippen molar-refractivity contribution in [2.75, 3.05) is 12.4 Å². The Balaban J connectivity index is 1.84. The maximum atomic E-state index is 12.2. The summed E-state index contributed by atoms with van der Waals surface area (Å²) in [5, 5.41) is 7.30. The Morgan fingerprint density at radius 3 is 2.95 bits per heavy atom. The SMILES string of the molecule is COc1ccc(NC(=O)c2cc3ncccn3n2)cc1Cl. The first-order valence-corrected chi connectivity index (χ1v) is 6.50. The van der Waals surface area contributed by atoms with E-state index in [1.165, 1.54) is 11.6 Å². The Labute approximate surface area is 125 Å². The van der Waals surface area contributed by atoms with Gasteiger partial charge in [-0.15, -0.1) is 0 Å². The molecule has 1 amide bonds. The lowest BCUT2D eigenvalue weighted by Gasteiger charge is -2.06. The fourth-order valence-electron chi connectivity index (χ4n) is 1.88. The number of halogens is 1. The third-order valence-electron chi connectivity index (χ3n) is 2.88. The van der Waals surface area contributed by atoms with Crippen molar-refractivity contribution in [2.45, 2.75) is 0 Å². The molecule has 1 aromatic carbocycles. The van der Waals surface area contributed by atoms with Gasteiger partial charge in [-0.1, -0.05) is 11.6 Å². The number of nitrogens with zero attached hydrogens (tertiary/aromatic N) is 3. The van der Waals surface area contributed by atoms with E-state index in [2.05, 4.69) is 15.4 Å². The maximum absolute atomic E-state index is 12.2. The van der Waals surface area contributed by atoms with Crippen LogP contribution in [0.5, 0.6) is 5.75 Å². The van der Waals surface area contributed by atoms with Crippen LogP contribution >= 0.6 is 11.6 Å². The molecule has 106 valence electrons. The number of hydrogen-bond acceptors (Lipinski definition) is 4. The van der Waals surface area contributed by atoms with Crippen LogP contribution in [0.15, 0.2) is 42.7 Å². The number of ether oxygens (including phenoxy) is 1. The van der Waals surface area contributed by atoms with E-state index in [9.17, 15) is 4.79 Å². The number of carbonyl (C=O) groups is 1. The number of benzene rings is 1. The molecule has 1 N–H and O–H groups in total. The van der Waals surface area contributed by atoms with Gasteiger partial charge in [0.1, 0.15) is 5.75 Å². The quantitative estimate of drug-likeness (QED) is 0.807. The summed E-state index contributed by atoms with van der Waals surface area (Å²) in [6.45, 7) is 0. The number of rotatable bonds is 3. The smallest absolute Gasteiger partial charge is 0.276 e. The number of aromatic nitrogens is 3. The summed E-state index contributed by atoms with van der Waals surface area (Å²) in [6, 6.07) is 8.36. The van der Waals surface area contributed by atoms with Gasteiger partial charge in [-0.05, 0) is 24.3 Å². The molecule has 0 saturated heterocycles. The van der Waals surface area contributed by atoms with Crippen LogP contribution in [0.1, 0.15) is 10.5 Å². The first kappa shape index (κ1) is 13.4. The molecule has 2 heterocycles. The fourth-order valence-corrected chi connectivity index (χ4v) is 2.14. The second kappa shape index (κ2) is 5.41. The van der Waals surface area contributed by atoms with Crippen molar-refractivity contribution < 1.29 is 9.53 Å². The van der Waals surface area contributed by atoms with E-state index in [1.807, 2.05) is 0 Å². The average Bonchev–Trinajstić information content (AvgIpc) is 2.91. The fraction of sp³-hybridized carbons (Fsp3) is 0.0714. The van der Waals surface area contributed by atoms with Crippen LogP contribution in [0.4, 0.5) is 5.69 Å². The molecule has 0 unspecified atom stereocenters. The summed E-state index contributed by atoms with van der Waals surface area (Å²) in [6.07, 6.45) is 3.37. The van der Waals surface area contributed by atoms with Crippen molar-refractivity contribution in [1.29, 1.82) is 0 Å². The number of amides is 1. The van der Waals surface area contributed by atoms with E-state index < -0.39 is 0 Å². The minimum absolute atomic E-state index is 0.278. The van der Waals surface area contributed by atoms with Gasteiger partial charge >= 0.3 is 0 Å². The Morgan fingerprint density at radius 2 is 2.24 bits per heavy atom. The van der Waals surface area contributed by atoms with Crippen molar-refractivity contribution in [1.82, 2.24) is 14.6 Å². The van der Waals surface area contributed by atoms with Crippen molar-refractivity contribution in [2.24, 2.45) is 0 Å². The molecule has 0 aliphatic heterocycles. The molecule has 2 aromatic heterocycles. The normalized spacial score (nSPS) is 10.6. The molecule has 3 rings (SSSR count). The van der Waals surface area contributed by atoms with Gasteiger partial charge in [0.05, 0.1) is 12.1 Å². The third-order valence-corrected chi connectivity index (χ3v) is 3.17. The summed E-state index contributed by atoms with van der Waals surface area (Å²) in [5.74, 6) is 0.216.